The zero-order valence-corrected chi connectivity index (χ0v) is 19.1. The van der Waals surface area contributed by atoms with Crippen LogP contribution < -0.4 is 0 Å². The summed E-state index contributed by atoms with van der Waals surface area (Å²) in [5.41, 5.74) is 5.34. The molecule has 0 saturated heterocycles. The van der Waals surface area contributed by atoms with Crippen LogP contribution in [0.1, 0.15) is 0 Å². The van der Waals surface area contributed by atoms with E-state index in [1.807, 2.05) is 0 Å². The van der Waals surface area contributed by atoms with Crippen LogP contribution in [0.2, 0.25) is 0 Å². The Morgan fingerprint density at radius 2 is 1.15 bits per heavy atom. The van der Waals surface area contributed by atoms with E-state index in [1.165, 1.54) is 43.2 Å². The van der Waals surface area contributed by atoms with Crippen LogP contribution >= 0.6 is 15.9 Å². The molecule has 154 valence electrons. The number of furan rings is 1. The fourth-order valence-electron chi connectivity index (χ4n) is 5.69. The summed E-state index contributed by atoms with van der Waals surface area (Å²) >= 11 is 3.85. The Morgan fingerprint density at radius 1 is 0.545 bits per heavy atom. The lowest BCUT2D eigenvalue weighted by molar-refractivity contribution is 0.673. The first-order valence-electron chi connectivity index (χ1n) is 11.1. The van der Waals surface area contributed by atoms with Crippen molar-refractivity contribution < 1.29 is 4.42 Å². The molecule has 8 aromatic rings. The van der Waals surface area contributed by atoms with Crippen LogP contribution in [-0.4, -0.2) is 4.40 Å². The van der Waals surface area contributed by atoms with Crippen LogP contribution in [-0.2, 0) is 0 Å². The van der Waals surface area contributed by atoms with Gasteiger partial charge >= 0.3 is 0 Å². The fraction of sp³-hybridized carbons (Fsp3) is 0. The second-order valence-electron chi connectivity index (χ2n) is 8.65. The van der Waals surface area contributed by atoms with Crippen LogP contribution in [0.3, 0.4) is 0 Å². The lowest BCUT2D eigenvalue weighted by Crippen LogP contribution is -1.89. The number of hydrogen-bond donors (Lipinski definition) is 0. The summed E-state index contributed by atoms with van der Waals surface area (Å²) in [6, 6.07) is 34.6. The smallest absolute Gasteiger partial charge is 0.162 e. The number of para-hydroxylation sites is 1. The Hall–Kier alpha value is -3.82. The van der Waals surface area contributed by atoms with Gasteiger partial charge in [-0.1, -0.05) is 94.8 Å². The first-order chi connectivity index (χ1) is 16.3. The topological polar surface area (TPSA) is 17.6 Å². The van der Waals surface area contributed by atoms with Crippen molar-refractivity contribution in [3.63, 3.8) is 0 Å². The summed E-state index contributed by atoms with van der Waals surface area (Å²) in [6.45, 7) is 0. The average Bonchev–Trinajstić information content (AvgIpc) is 3.37. The minimum atomic E-state index is 0.925. The zero-order valence-electron chi connectivity index (χ0n) is 17.5. The largest absolute Gasteiger partial charge is 0.454 e. The third-order valence-corrected chi connectivity index (χ3v) is 7.66. The van der Waals surface area contributed by atoms with Gasteiger partial charge in [0.05, 0.1) is 21.8 Å². The van der Waals surface area contributed by atoms with Crippen molar-refractivity contribution in [2.45, 2.75) is 0 Å². The van der Waals surface area contributed by atoms with Gasteiger partial charge in [0, 0.05) is 9.86 Å². The third-order valence-electron chi connectivity index (χ3n) is 7.01. The van der Waals surface area contributed by atoms with E-state index in [4.69, 9.17) is 4.42 Å². The molecule has 0 aliphatic carbocycles. The lowest BCUT2D eigenvalue weighted by atomic mass is 10.0. The highest BCUT2D eigenvalue weighted by atomic mass is 79.9. The standard InChI is InChI=1S/C30H16BrNO/c31-23-16-25-27(22-12-4-3-10-19(22)23)30-29-28-21(13-7-15-26(28)33-30)18-9-2-1-8-17(18)20-11-5-6-14-24(20)32(25)29/h1-16H. The fourth-order valence-corrected chi connectivity index (χ4v) is 6.25. The predicted molar refractivity (Wildman–Crippen MR) is 142 cm³/mol. The summed E-state index contributed by atoms with van der Waals surface area (Å²) < 4.78 is 10.2. The van der Waals surface area contributed by atoms with Crippen molar-refractivity contribution in [2.24, 2.45) is 0 Å². The van der Waals surface area contributed by atoms with Crippen LogP contribution in [0.5, 0.6) is 0 Å². The van der Waals surface area contributed by atoms with Gasteiger partial charge in [0.25, 0.3) is 0 Å². The van der Waals surface area contributed by atoms with Crippen molar-refractivity contribution in [3.05, 3.63) is 102 Å². The van der Waals surface area contributed by atoms with E-state index >= 15 is 0 Å². The number of rotatable bonds is 0. The molecule has 5 aromatic carbocycles. The molecular weight excluding hydrogens is 470 g/mol. The highest BCUT2D eigenvalue weighted by Gasteiger charge is 2.22. The molecule has 3 heteroatoms. The van der Waals surface area contributed by atoms with Gasteiger partial charge in [-0.2, -0.15) is 0 Å². The molecule has 0 aliphatic heterocycles. The van der Waals surface area contributed by atoms with Gasteiger partial charge in [-0.3, -0.25) is 0 Å². The van der Waals surface area contributed by atoms with E-state index in [-0.39, 0.29) is 0 Å². The van der Waals surface area contributed by atoms with Gasteiger partial charge in [0.15, 0.2) is 5.58 Å². The number of nitrogens with zero attached hydrogens (tertiary/aromatic N) is 1. The van der Waals surface area contributed by atoms with Crippen molar-refractivity contribution in [1.82, 2.24) is 4.40 Å². The van der Waals surface area contributed by atoms with Crippen LogP contribution in [0.4, 0.5) is 0 Å². The Morgan fingerprint density at radius 3 is 1.97 bits per heavy atom. The molecule has 0 bridgehead atoms. The highest BCUT2D eigenvalue weighted by Crippen LogP contribution is 2.45. The van der Waals surface area contributed by atoms with Gasteiger partial charge in [-0.05, 0) is 45.1 Å². The van der Waals surface area contributed by atoms with Crippen LogP contribution in [0.15, 0.2) is 106 Å². The highest BCUT2D eigenvalue weighted by molar-refractivity contribution is 9.10. The number of benzene rings is 5. The Bertz CT molecular complexity index is 2090. The molecule has 0 amide bonds. The number of hydrogen-bond acceptors (Lipinski definition) is 1. The molecule has 0 unspecified atom stereocenters. The minimum Gasteiger partial charge on any atom is -0.454 e. The van der Waals surface area contributed by atoms with E-state index < -0.39 is 0 Å². The molecule has 0 N–H and O–H groups in total. The van der Waals surface area contributed by atoms with Crippen LogP contribution in [0, 0.1) is 0 Å². The van der Waals surface area contributed by atoms with Gasteiger partial charge in [0.2, 0.25) is 0 Å². The predicted octanol–water partition coefficient (Wildman–Crippen LogP) is 9.21. The number of fused-ring (bicyclic) bond motifs is 10. The second-order valence-corrected chi connectivity index (χ2v) is 9.51. The lowest BCUT2D eigenvalue weighted by Gasteiger charge is -2.09. The molecule has 3 heterocycles. The minimum absolute atomic E-state index is 0.925. The molecule has 0 saturated carbocycles. The van der Waals surface area contributed by atoms with E-state index in [0.717, 1.165) is 32.1 Å². The first kappa shape index (κ1) is 17.7. The molecular formula is C30H16BrNO. The third kappa shape index (κ3) is 2.13. The molecule has 0 fully saturated rings. The average molecular weight is 486 g/mol. The van der Waals surface area contributed by atoms with Crippen molar-refractivity contribution >= 4 is 86.7 Å². The van der Waals surface area contributed by atoms with E-state index in [9.17, 15) is 0 Å². The monoisotopic (exact) mass is 485 g/mol. The van der Waals surface area contributed by atoms with Crippen molar-refractivity contribution in [1.29, 1.82) is 0 Å². The summed E-state index contributed by atoms with van der Waals surface area (Å²) in [7, 11) is 0. The Balaban J connectivity index is 1.88. The molecule has 0 atom stereocenters. The second kappa shape index (κ2) is 6.15. The quantitative estimate of drug-likeness (QED) is 0.209. The molecule has 0 aliphatic rings. The zero-order chi connectivity index (χ0) is 21.7. The summed E-state index contributed by atoms with van der Waals surface area (Å²) in [5.74, 6) is 0. The summed E-state index contributed by atoms with van der Waals surface area (Å²) in [6.07, 6.45) is 0. The SMILES string of the molecule is Brc1cc2c(c3ccccc13)c1oc3cccc4c5ccccc5c5ccccc5n2c1c34. The van der Waals surface area contributed by atoms with Gasteiger partial charge in [-0.15, -0.1) is 0 Å². The van der Waals surface area contributed by atoms with Crippen LogP contribution in [0.25, 0.3) is 70.8 Å². The Labute approximate surface area is 196 Å². The molecule has 3 aromatic heterocycles. The van der Waals surface area contributed by atoms with Gasteiger partial charge < -0.3 is 8.82 Å². The first-order valence-corrected chi connectivity index (χ1v) is 11.9. The number of aromatic nitrogens is 1. The molecule has 0 spiro atoms. The Kier molecular flexibility index (Phi) is 3.30. The summed E-state index contributed by atoms with van der Waals surface area (Å²) in [4.78, 5) is 0. The van der Waals surface area contributed by atoms with Gasteiger partial charge in [-0.25, -0.2) is 0 Å². The summed E-state index contributed by atoms with van der Waals surface area (Å²) in [5, 5.41) is 9.63. The normalized spacial score (nSPS) is 12.4. The molecule has 8 rings (SSSR count). The van der Waals surface area contributed by atoms with E-state index in [0.29, 0.717) is 0 Å². The molecule has 0 radical (unpaired) electrons. The maximum absolute atomic E-state index is 6.66. The maximum atomic E-state index is 6.66. The molecule has 2 nitrogen and oxygen atoms in total. The van der Waals surface area contributed by atoms with Gasteiger partial charge in [0.1, 0.15) is 11.1 Å². The van der Waals surface area contributed by atoms with Crippen molar-refractivity contribution in [2.75, 3.05) is 0 Å². The molecule has 33 heavy (non-hydrogen) atoms. The maximum Gasteiger partial charge on any atom is 0.162 e. The van der Waals surface area contributed by atoms with E-state index in [2.05, 4.69) is 117 Å². The number of halogens is 1. The van der Waals surface area contributed by atoms with Crippen molar-refractivity contribution in [3.8, 4) is 0 Å². The van der Waals surface area contributed by atoms with E-state index in [1.54, 1.807) is 0 Å².